The van der Waals surface area contributed by atoms with Gasteiger partial charge in [-0.1, -0.05) is 31.9 Å². The first kappa shape index (κ1) is 21.9. The molecule has 0 radical (unpaired) electrons. The summed E-state index contributed by atoms with van der Waals surface area (Å²) in [4.78, 5) is 11.3. The number of unbranched alkanes of at least 4 members (excludes halogenated alkanes) is 6. The Balaban J connectivity index is 3.22. The van der Waals surface area contributed by atoms with Crippen molar-refractivity contribution in [2.75, 3.05) is 32.9 Å². The number of aliphatic hydroxyl groups excluding tert-OH is 1. The zero-order valence-corrected chi connectivity index (χ0v) is 14.7. The summed E-state index contributed by atoms with van der Waals surface area (Å²) in [5.41, 5.74) is 0. The Kier molecular flexibility index (Phi) is 18.1. The number of carbonyl (C=O) groups is 1. The Labute approximate surface area is 141 Å². The molecule has 0 aromatic heterocycles. The van der Waals surface area contributed by atoms with Gasteiger partial charge in [-0.2, -0.15) is 0 Å². The lowest BCUT2D eigenvalue weighted by Gasteiger charge is -2.06. The van der Waals surface area contributed by atoms with Crippen LogP contribution in [-0.4, -0.2) is 44.2 Å². The van der Waals surface area contributed by atoms with Crippen LogP contribution in [0, 0.1) is 0 Å². The second kappa shape index (κ2) is 19.0. The van der Waals surface area contributed by atoms with E-state index >= 15 is 0 Å². The standard InChI is InChI=1S/C18H35NO4/c1-2-3-4-5-6-7-8-11-16-22-18(21)23-17-12-9-10-13-19-14-15-20/h6-7,19-20H,2-5,8-17H2,1H3. The molecule has 0 atom stereocenters. The predicted molar refractivity (Wildman–Crippen MR) is 93.6 cm³/mol. The number of rotatable bonds is 16. The monoisotopic (exact) mass is 329 g/mol. The summed E-state index contributed by atoms with van der Waals surface area (Å²) in [6.45, 7) is 4.73. The van der Waals surface area contributed by atoms with Gasteiger partial charge in [-0.25, -0.2) is 4.79 Å². The van der Waals surface area contributed by atoms with Crippen LogP contribution < -0.4 is 5.32 Å². The lowest BCUT2D eigenvalue weighted by molar-refractivity contribution is 0.0535. The SMILES string of the molecule is CCCCCC=CCCCOC(=O)OCCCCCNCCO. The fourth-order valence-electron chi connectivity index (χ4n) is 2.03. The molecule has 0 heterocycles. The van der Waals surface area contributed by atoms with E-state index in [1.54, 1.807) is 0 Å². The highest BCUT2D eigenvalue weighted by atomic mass is 16.7. The van der Waals surface area contributed by atoms with Gasteiger partial charge in [-0.3, -0.25) is 0 Å². The maximum Gasteiger partial charge on any atom is 0.508 e. The summed E-state index contributed by atoms with van der Waals surface area (Å²) in [7, 11) is 0. The van der Waals surface area contributed by atoms with Crippen molar-refractivity contribution in [1.82, 2.24) is 5.32 Å². The molecule has 136 valence electrons. The Morgan fingerprint density at radius 3 is 2.30 bits per heavy atom. The van der Waals surface area contributed by atoms with Gasteiger partial charge in [0.1, 0.15) is 0 Å². The molecule has 0 saturated heterocycles. The molecule has 0 aromatic carbocycles. The minimum Gasteiger partial charge on any atom is -0.434 e. The van der Waals surface area contributed by atoms with Crippen LogP contribution in [0.5, 0.6) is 0 Å². The molecule has 0 saturated carbocycles. The van der Waals surface area contributed by atoms with Crippen molar-refractivity contribution in [2.45, 2.75) is 64.7 Å². The number of ether oxygens (including phenoxy) is 2. The lowest BCUT2D eigenvalue weighted by Crippen LogP contribution is -2.19. The van der Waals surface area contributed by atoms with E-state index in [-0.39, 0.29) is 6.61 Å². The van der Waals surface area contributed by atoms with Crippen molar-refractivity contribution in [3.05, 3.63) is 12.2 Å². The average molecular weight is 329 g/mol. The number of aliphatic hydroxyl groups is 1. The fraction of sp³-hybridized carbons (Fsp3) is 0.833. The van der Waals surface area contributed by atoms with E-state index in [2.05, 4.69) is 24.4 Å². The minimum atomic E-state index is -0.560. The lowest BCUT2D eigenvalue weighted by atomic mass is 10.2. The normalized spacial score (nSPS) is 11.0. The quantitative estimate of drug-likeness (QED) is 0.256. The third-order valence-corrected chi connectivity index (χ3v) is 3.38. The summed E-state index contributed by atoms with van der Waals surface area (Å²) < 4.78 is 10.0. The summed E-state index contributed by atoms with van der Waals surface area (Å²) >= 11 is 0. The highest BCUT2D eigenvalue weighted by molar-refractivity contribution is 5.59. The summed E-state index contributed by atoms with van der Waals surface area (Å²) in [6, 6.07) is 0. The van der Waals surface area contributed by atoms with Crippen molar-refractivity contribution in [2.24, 2.45) is 0 Å². The van der Waals surface area contributed by atoms with Crippen LogP contribution in [0.2, 0.25) is 0 Å². The van der Waals surface area contributed by atoms with E-state index in [1.165, 1.54) is 19.3 Å². The number of hydrogen-bond donors (Lipinski definition) is 2. The van der Waals surface area contributed by atoms with Crippen molar-refractivity contribution in [3.63, 3.8) is 0 Å². The van der Waals surface area contributed by atoms with E-state index in [0.717, 1.165) is 45.1 Å². The van der Waals surface area contributed by atoms with E-state index in [4.69, 9.17) is 14.6 Å². The summed E-state index contributed by atoms with van der Waals surface area (Å²) in [5.74, 6) is 0. The first-order valence-electron chi connectivity index (χ1n) is 9.07. The molecule has 0 unspecified atom stereocenters. The molecule has 0 aliphatic rings. The molecule has 0 amide bonds. The highest BCUT2D eigenvalue weighted by Gasteiger charge is 2.02. The van der Waals surface area contributed by atoms with Gasteiger partial charge in [0.15, 0.2) is 0 Å². The van der Waals surface area contributed by atoms with Crippen LogP contribution in [0.25, 0.3) is 0 Å². The smallest absolute Gasteiger partial charge is 0.434 e. The molecule has 0 rings (SSSR count). The van der Waals surface area contributed by atoms with Crippen LogP contribution >= 0.6 is 0 Å². The minimum absolute atomic E-state index is 0.170. The molecule has 0 spiro atoms. The van der Waals surface area contributed by atoms with Gasteiger partial charge >= 0.3 is 6.16 Å². The molecule has 0 fully saturated rings. The van der Waals surface area contributed by atoms with Crippen molar-refractivity contribution in [3.8, 4) is 0 Å². The van der Waals surface area contributed by atoms with E-state index in [0.29, 0.717) is 19.8 Å². The molecule has 5 nitrogen and oxygen atoms in total. The largest absolute Gasteiger partial charge is 0.508 e. The van der Waals surface area contributed by atoms with Gasteiger partial charge in [0.2, 0.25) is 0 Å². The molecule has 0 aliphatic heterocycles. The van der Waals surface area contributed by atoms with E-state index in [9.17, 15) is 4.79 Å². The van der Waals surface area contributed by atoms with Gasteiger partial charge in [0.05, 0.1) is 19.8 Å². The maximum atomic E-state index is 11.3. The molecule has 0 bridgehead atoms. The van der Waals surface area contributed by atoms with Crippen molar-refractivity contribution < 1.29 is 19.4 Å². The molecule has 2 N–H and O–H groups in total. The zero-order chi connectivity index (χ0) is 17.0. The topological polar surface area (TPSA) is 67.8 Å². The number of carbonyl (C=O) groups excluding carboxylic acids is 1. The zero-order valence-electron chi connectivity index (χ0n) is 14.7. The molecule has 5 heteroatoms. The number of hydrogen-bond acceptors (Lipinski definition) is 5. The second-order valence-electron chi connectivity index (χ2n) is 5.59. The Morgan fingerprint density at radius 1 is 0.913 bits per heavy atom. The van der Waals surface area contributed by atoms with E-state index in [1.807, 2.05) is 0 Å². The van der Waals surface area contributed by atoms with Crippen molar-refractivity contribution in [1.29, 1.82) is 0 Å². The molecular formula is C18H35NO4. The summed E-state index contributed by atoms with van der Waals surface area (Å²) in [5, 5.41) is 11.7. The predicted octanol–water partition coefficient (Wildman–Crippen LogP) is 3.81. The Bertz CT molecular complexity index is 282. The van der Waals surface area contributed by atoms with Gasteiger partial charge in [-0.05, 0) is 51.5 Å². The third kappa shape index (κ3) is 18.9. The molecule has 0 aromatic rings. The van der Waals surface area contributed by atoms with Crippen molar-refractivity contribution >= 4 is 6.16 Å². The van der Waals surface area contributed by atoms with Crippen LogP contribution in [-0.2, 0) is 9.47 Å². The second-order valence-corrected chi connectivity index (χ2v) is 5.59. The Hall–Kier alpha value is -1.07. The third-order valence-electron chi connectivity index (χ3n) is 3.38. The molecule has 0 aliphatic carbocycles. The molecular weight excluding hydrogens is 294 g/mol. The average Bonchev–Trinajstić information content (AvgIpc) is 2.56. The summed E-state index contributed by atoms with van der Waals surface area (Å²) in [6.07, 6.45) is 13.4. The molecule has 23 heavy (non-hydrogen) atoms. The van der Waals surface area contributed by atoms with Gasteiger partial charge in [-0.15, -0.1) is 0 Å². The van der Waals surface area contributed by atoms with E-state index < -0.39 is 6.16 Å². The first-order valence-corrected chi connectivity index (χ1v) is 9.07. The first-order chi connectivity index (χ1) is 11.3. The van der Waals surface area contributed by atoms with Gasteiger partial charge in [0.25, 0.3) is 0 Å². The van der Waals surface area contributed by atoms with Crippen LogP contribution in [0.3, 0.4) is 0 Å². The number of nitrogens with one attached hydrogen (secondary N) is 1. The maximum absolute atomic E-state index is 11.3. The van der Waals surface area contributed by atoms with Gasteiger partial charge < -0.3 is 19.9 Å². The Morgan fingerprint density at radius 2 is 1.61 bits per heavy atom. The van der Waals surface area contributed by atoms with Crippen LogP contribution in [0.15, 0.2) is 12.2 Å². The van der Waals surface area contributed by atoms with Gasteiger partial charge in [0, 0.05) is 6.54 Å². The van der Waals surface area contributed by atoms with Crippen LogP contribution in [0.4, 0.5) is 4.79 Å². The highest BCUT2D eigenvalue weighted by Crippen LogP contribution is 2.02. The number of allylic oxidation sites excluding steroid dienone is 2. The fourth-order valence-corrected chi connectivity index (χ4v) is 2.03. The van der Waals surface area contributed by atoms with Crippen LogP contribution in [0.1, 0.15) is 64.7 Å².